The molecule has 0 radical (unpaired) electrons. The van der Waals surface area contributed by atoms with Crippen LogP contribution in [-0.2, 0) is 9.53 Å². The monoisotopic (exact) mass is 231 g/mol. The van der Waals surface area contributed by atoms with E-state index in [1.54, 1.807) is 7.11 Å². The third-order valence-electron chi connectivity index (χ3n) is 0.864. The number of aliphatic carboxylic acids is 1. The molecular weight excluding hydrogens is 219 g/mol. The van der Waals surface area contributed by atoms with Gasteiger partial charge in [0.2, 0.25) is 0 Å². The number of carbonyl (C=O) groups is 1. The molecule has 0 bridgehead atoms. The molecule has 0 spiro atoms. The summed E-state index contributed by atoms with van der Waals surface area (Å²) in [5, 5.41) is 16.4. The molecule has 0 saturated carbocycles. The van der Waals surface area contributed by atoms with Crippen molar-refractivity contribution in [3.8, 4) is 0 Å². The highest BCUT2D eigenvalue weighted by molar-refractivity contribution is 5.74. The molecule has 0 aromatic carbocycles. The van der Waals surface area contributed by atoms with Crippen molar-refractivity contribution in [2.45, 2.75) is 6.18 Å². The smallest absolute Gasteiger partial charge is 0.475 e. The lowest BCUT2D eigenvalue weighted by molar-refractivity contribution is -0.192. The van der Waals surface area contributed by atoms with E-state index in [9.17, 15) is 13.2 Å². The molecule has 0 heterocycles. The maximum absolute atomic E-state index is 10.6. The van der Waals surface area contributed by atoms with Gasteiger partial charge in [-0.15, -0.1) is 0 Å². The first kappa shape index (κ1) is 15.9. The topological polar surface area (TPSA) is 108 Å². The largest absolute Gasteiger partial charge is 0.490 e. The fourth-order valence-electron chi connectivity index (χ4n) is 0.288. The summed E-state index contributed by atoms with van der Waals surface area (Å²) in [5.74, 6) is -2.77. The van der Waals surface area contributed by atoms with Gasteiger partial charge in [-0.05, 0) is 0 Å². The average Bonchev–Trinajstić information content (AvgIpc) is 2.03. The molecular formula is C6H12F3N3O3. The highest BCUT2D eigenvalue weighted by Gasteiger charge is 2.38. The Bertz CT molecular complexity index is 208. The zero-order valence-electron chi connectivity index (χ0n) is 7.89. The van der Waals surface area contributed by atoms with Gasteiger partial charge in [-0.2, -0.15) is 13.2 Å². The molecule has 0 saturated heterocycles. The Morgan fingerprint density at radius 1 is 1.60 bits per heavy atom. The first-order chi connectivity index (χ1) is 6.71. The number of carboxylic acid groups (broad SMARTS) is 1. The maximum Gasteiger partial charge on any atom is 0.490 e. The summed E-state index contributed by atoms with van der Waals surface area (Å²) in [5.41, 5.74) is 4.95. The highest BCUT2D eigenvalue weighted by Crippen LogP contribution is 2.13. The van der Waals surface area contributed by atoms with E-state index >= 15 is 0 Å². The number of hydrogen-bond donors (Lipinski definition) is 4. The minimum Gasteiger partial charge on any atom is -0.475 e. The number of methoxy groups -OCH3 is 1. The Hall–Kier alpha value is -1.51. The Morgan fingerprint density at radius 2 is 2.00 bits per heavy atom. The molecule has 6 nitrogen and oxygen atoms in total. The molecule has 0 unspecified atom stereocenters. The van der Waals surface area contributed by atoms with Gasteiger partial charge in [0.1, 0.15) is 0 Å². The second-order valence-electron chi connectivity index (χ2n) is 2.14. The van der Waals surface area contributed by atoms with E-state index in [-0.39, 0.29) is 5.96 Å². The van der Waals surface area contributed by atoms with Crippen LogP contribution < -0.4 is 11.1 Å². The van der Waals surface area contributed by atoms with Crippen molar-refractivity contribution in [1.82, 2.24) is 5.32 Å². The summed E-state index contributed by atoms with van der Waals surface area (Å²) in [6, 6.07) is 0. The summed E-state index contributed by atoms with van der Waals surface area (Å²) >= 11 is 0. The number of ether oxygens (including phenoxy) is 1. The van der Waals surface area contributed by atoms with Gasteiger partial charge in [0.25, 0.3) is 0 Å². The first-order valence-corrected chi connectivity index (χ1v) is 3.58. The number of carboxylic acids is 1. The summed E-state index contributed by atoms with van der Waals surface area (Å²) < 4.78 is 36.4. The van der Waals surface area contributed by atoms with Crippen molar-refractivity contribution in [3.05, 3.63) is 0 Å². The van der Waals surface area contributed by atoms with Gasteiger partial charge in [0.05, 0.1) is 6.61 Å². The van der Waals surface area contributed by atoms with Crippen molar-refractivity contribution in [1.29, 1.82) is 5.41 Å². The molecule has 0 aliphatic rings. The van der Waals surface area contributed by atoms with Crippen LogP contribution in [0.4, 0.5) is 13.2 Å². The van der Waals surface area contributed by atoms with E-state index in [1.165, 1.54) is 0 Å². The van der Waals surface area contributed by atoms with Gasteiger partial charge in [-0.25, -0.2) is 4.79 Å². The van der Waals surface area contributed by atoms with Crippen LogP contribution in [0.15, 0.2) is 0 Å². The molecule has 9 heteroatoms. The van der Waals surface area contributed by atoms with Crippen LogP contribution in [0.2, 0.25) is 0 Å². The predicted octanol–water partition coefficient (Wildman–Crippen LogP) is -0.251. The fraction of sp³-hybridized carbons (Fsp3) is 0.667. The van der Waals surface area contributed by atoms with Crippen molar-refractivity contribution < 1.29 is 27.8 Å². The Labute approximate surface area is 83.7 Å². The lowest BCUT2D eigenvalue weighted by atomic mass is 10.7. The van der Waals surface area contributed by atoms with E-state index in [0.717, 1.165) is 0 Å². The van der Waals surface area contributed by atoms with Crippen LogP contribution in [-0.4, -0.2) is 43.5 Å². The zero-order valence-corrected chi connectivity index (χ0v) is 7.89. The van der Waals surface area contributed by atoms with Gasteiger partial charge >= 0.3 is 12.1 Å². The van der Waals surface area contributed by atoms with Crippen LogP contribution in [0.3, 0.4) is 0 Å². The lowest BCUT2D eigenvalue weighted by Gasteiger charge is -1.99. The molecule has 0 aromatic heterocycles. The van der Waals surface area contributed by atoms with E-state index in [0.29, 0.717) is 13.2 Å². The van der Waals surface area contributed by atoms with Crippen LogP contribution >= 0.6 is 0 Å². The van der Waals surface area contributed by atoms with Gasteiger partial charge in [-0.1, -0.05) is 0 Å². The quantitative estimate of drug-likeness (QED) is 0.304. The predicted molar refractivity (Wildman–Crippen MR) is 45.5 cm³/mol. The number of nitrogens with two attached hydrogens (primary N) is 1. The lowest BCUT2D eigenvalue weighted by Crippen LogP contribution is -2.32. The van der Waals surface area contributed by atoms with Gasteiger partial charge < -0.3 is 20.9 Å². The SMILES string of the molecule is COCCNC(=N)N.O=C(O)C(F)(F)F. The van der Waals surface area contributed by atoms with Crippen LogP contribution in [0.5, 0.6) is 0 Å². The summed E-state index contributed by atoms with van der Waals surface area (Å²) in [4.78, 5) is 8.90. The minimum atomic E-state index is -5.08. The van der Waals surface area contributed by atoms with Gasteiger partial charge in [-0.3, -0.25) is 5.41 Å². The maximum atomic E-state index is 10.6. The average molecular weight is 231 g/mol. The number of nitrogens with one attached hydrogen (secondary N) is 2. The summed E-state index contributed by atoms with van der Waals surface area (Å²) in [6.07, 6.45) is -5.08. The molecule has 0 fully saturated rings. The Morgan fingerprint density at radius 3 is 2.20 bits per heavy atom. The second-order valence-corrected chi connectivity index (χ2v) is 2.14. The van der Waals surface area contributed by atoms with Crippen molar-refractivity contribution in [3.63, 3.8) is 0 Å². The molecule has 0 amide bonds. The number of halogens is 3. The first-order valence-electron chi connectivity index (χ1n) is 3.58. The van der Waals surface area contributed by atoms with Crippen molar-refractivity contribution >= 4 is 11.9 Å². The number of guanidine groups is 1. The van der Waals surface area contributed by atoms with Crippen LogP contribution in [0.25, 0.3) is 0 Å². The summed E-state index contributed by atoms with van der Waals surface area (Å²) in [7, 11) is 1.60. The molecule has 0 rings (SSSR count). The van der Waals surface area contributed by atoms with Gasteiger partial charge in [0, 0.05) is 13.7 Å². The fourth-order valence-corrected chi connectivity index (χ4v) is 0.288. The normalized spacial score (nSPS) is 9.87. The second kappa shape index (κ2) is 7.85. The molecule has 0 atom stereocenters. The molecule has 5 N–H and O–H groups in total. The minimum absolute atomic E-state index is 0.0120. The summed E-state index contributed by atoms with van der Waals surface area (Å²) in [6.45, 7) is 1.19. The highest BCUT2D eigenvalue weighted by atomic mass is 19.4. The zero-order chi connectivity index (χ0) is 12.5. The van der Waals surface area contributed by atoms with E-state index in [1.807, 2.05) is 0 Å². The Balaban J connectivity index is 0. The molecule has 0 aromatic rings. The molecule has 0 aliphatic carbocycles. The Kier molecular flexibility index (Phi) is 8.35. The third-order valence-corrected chi connectivity index (χ3v) is 0.864. The van der Waals surface area contributed by atoms with E-state index in [2.05, 4.69) is 10.1 Å². The van der Waals surface area contributed by atoms with Crippen LogP contribution in [0.1, 0.15) is 0 Å². The van der Waals surface area contributed by atoms with Crippen LogP contribution in [0, 0.1) is 5.41 Å². The number of rotatable bonds is 3. The molecule has 90 valence electrons. The van der Waals surface area contributed by atoms with Crippen molar-refractivity contribution in [2.75, 3.05) is 20.3 Å². The number of alkyl halides is 3. The van der Waals surface area contributed by atoms with Crippen molar-refractivity contribution in [2.24, 2.45) is 5.73 Å². The molecule has 0 aliphatic heterocycles. The van der Waals surface area contributed by atoms with E-state index in [4.69, 9.17) is 21.0 Å². The standard InChI is InChI=1S/C4H11N3O.C2HF3O2/c1-8-3-2-7-4(5)6;3-2(4,5)1(6)7/h2-3H2,1H3,(H4,5,6,7);(H,6,7). The van der Waals surface area contributed by atoms with Gasteiger partial charge in [0.15, 0.2) is 5.96 Å². The third kappa shape index (κ3) is 15.3. The molecule has 15 heavy (non-hydrogen) atoms. The van der Waals surface area contributed by atoms with E-state index < -0.39 is 12.1 Å². The number of hydrogen-bond acceptors (Lipinski definition) is 3.